The van der Waals surface area contributed by atoms with Crippen molar-refractivity contribution < 1.29 is 14.3 Å². The second-order valence-corrected chi connectivity index (χ2v) is 4.89. The van der Waals surface area contributed by atoms with E-state index in [4.69, 9.17) is 22.1 Å². The number of ether oxygens (including phenoxy) is 1. The minimum Gasteiger partial charge on any atom is -0.496 e. The lowest BCUT2D eigenvalue weighted by Crippen LogP contribution is -2.39. The number of nitrogens with two attached hydrogens (primary N) is 1. The van der Waals surface area contributed by atoms with Crippen molar-refractivity contribution >= 4 is 29.1 Å². The smallest absolute Gasteiger partial charge is 0.255 e. The van der Waals surface area contributed by atoms with Crippen LogP contribution in [-0.4, -0.2) is 31.5 Å². The number of hydrogen-bond donors (Lipinski definition) is 3. The summed E-state index contributed by atoms with van der Waals surface area (Å²) in [6.45, 7) is 3.55. The Balaban J connectivity index is 2.77. The molecule has 0 unspecified atom stereocenters. The number of nitrogens with one attached hydrogen (secondary N) is 2. The van der Waals surface area contributed by atoms with Gasteiger partial charge in [0.25, 0.3) is 5.91 Å². The van der Waals surface area contributed by atoms with Crippen molar-refractivity contribution in [2.75, 3.05) is 19.4 Å². The number of methoxy groups -OCH3 is 1. The van der Waals surface area contributed by atoms with Crippen molar-refractivity contribution in [2.45, 2.75) is 19.9 Å². The van der Waals surface area contributed by atoms with Crippen LogP contribution in [0.1, 0.15) is 24.2 Å². The summed E-state index contributed by atoms with van der Waals surface area (Å²) in [6, 6.07) is 2.89. The molecule has 110 valence electrons. The maximum Gasteiger partial charge on any atom is 0.255 e. The standard InChI is InChI=1S/C13H18ClN3O3/c1-7(2)17-12(18)6-16-13(19)8-4-9(14)10(15)5-11(8)20-3/h4-5,7H,6,15H2,1-3H3,(H,16,19)(H,17,18). The summed E-state index contributed by atoms with van der Waals surface area (Å²) in [5.41, 5.74) is 6.18. The van der Waals surface area contributed by atoms with Crippen LogP contribution in [0.2, 0.25) is 5.02 Å². The van der Waals surface area contributed by atoms with E-state index in [-0.39, 0.29) is 29.1 Å². The van der Waals surface area contributed by atoms with Gasteiger partial charge >= 0.3 is 0 Å². The lowest BCUT2D eigenvalue weighted by Gasteiger charge is -2.12. The summed E-state index contributed by atoms with van der Waals surface area (Å²) in [7, 11) is 1.42. The zero-order chi connectivity index (χ0) is 15.3. The second-order valence-electron chi connectivity index (χ2n) is 4.48. The Hall–Kier alpha value is -1.95. The van der Waals surface area contributed by atoms with Crippen LogP contribution in [0.4, 0.5) is 5.69 Å². The average Bonchev–Trinajstić information content (AvgIpc) is 2.37. The predicted molar refractivity (Wildman–Crippen MR) is 78.0 cm³/mol. The van der Waals surface area contributed by atoms with E-state index < -0.39 is 5.91 Å². The van der Waals surface area contributed by atoms with Gasteiger partial charge in [-0.3, -0.25) is 9.59 Å². The topological polar surface area (TPSA) is 93.4 Å². The molecule has 0 saturated carbocycles. The first-order valence-corrected chi connectivity index (χ1v) is 6.43. The Labute approximate surface area is 122 Å². The fourth-order valence-electron chi connectivity index (χ4n) is 1.54. The summed E-state index contributed by atoms with van der Waals surface area (Å²) in [4.78, 5) is 23.5. The van der Waals surface area contributed by atoms with Gasteiger partial charge in [-0.15, -0.1) is 0 Å². The van der Waals surface area contributed by atoms with E-state index in [1.165, 1.54) is 19.2 Å². The van der Waals surface area contributed by atoms with Gasteiger partial charge in [0.15, 0.2) is 0 Å². The summed E-state index contributed by atoms with van der Waals surface area (Å²) in [5.74, 6) is -0.426. The Morgan fingerprint density at radius 3 is 2.60 bits per heavy atom. The second kappa shape index (κ2) is 7.00. The monoisotopic (exact) mass is 299 g/mol. The van der Waals surface area contributed by atoms with E-state index in [0.717, 1.165) is 0 Å². The van der Waals surface area contributed by atoms with Crippen LogP contribution in [0.15, 0.2) is 12.1 Å². The molecular formula is C13H18ClN3O3. The van der Waals surface area contributed by atoms with Gasteiger partial charge in [0, 0.05) is 12.1 Å². The normalized spacial score (nSPS) is 10.2. The number of carbonyl (C=O) groups excluding carboxylic acids is 2. The van der Waals surface area contributed by atoms with Crippen molar-refractivity contribution in [1.82, 2.24) is 10.6 Å². The highest BCUT2D eigenvalue weighted by atomic mass is 35.5. The van der Waals surface area contributed by atoms with Crippen molar-refractivity contribution in [3.63, 3.8) is 0 Å². The van der Waals surface area contributed by atoms with E-state index in [2.05, 4.69) is 10.6 Å². The molecule has 20 heavy (non-hydrogen) atoms. The molecule has 7 heteroatoms. The molecule has 0 aromatic heterocycles. The molecule has 0 aliphatic heterocycles. The number of hydrogen-bond acceptors (Lipinski definition) is 4. The van der Waals surface area contributed by atoms with E-state index in [1.807, 2.05) is 13.8 Å². The Morgan fingerprint density at radius 1 is 1.40 bits per heavy atom. The lowest BCUT2D eigenvalue weighted by atomic mass is 10.1. The third-order valence-corrected chi connectivity index (χ3v) is 2.75. The number of rotatable bonds is 5. The number of halogens is 1. The lowest BCUT2D eigenvalue weighted by molar-refractivity contribution is -0.120. The van der Waals surface area contributed by atoms with Crippen LogP contribution in [-0.2, 0) is 4.79 Å². The quantitative estimate of drug-likeness (QED) is 0.712. The molecule has 0 spiro atoms. The van der Waals surface area contributed by atoms with Crippen LogP contribution < -0.4 is 21.1 Å². The molecule has 2 amide bonds. The van der Waals surface area contributed by atoms with Crippen molar-refractivity contribution in [1.29, 1.82) is 0 Å². The summed E-state index contributed by atoms with van der Waals surface area (Å²) >= 11 is 5.88. The van der Waals surface area contributed by atoms with Gasteiger partial charge in [-0.1, -0.05) is 11.6 Å². The third-order valence-electron chi connectivity index (χ3n) is 2.42. The number of nitrogen functional groups attached to an aromatic ring is 1. The summed E-state index contributed by atoms with van der Waals surface area (Å²) < 4.78 is 5.07. The fraction of sp³-hybridized carbons (Fsp3) is 0.385. The molecule has 4 N–H and O–H groups in total. The zero-order valence-electron chi connectivity index (χ0n) is 11.6. The molecule has 0 saturated heterocycles. The molecular weight excluding hydrogens is 282 g/mol. The molecule has 6 nitrogen and oxygen atoms in total. The van der Waals surface area contributed by atoms with Crippen LogP contribution in [0.3, 0.4) is 0 Å². The largest absolute Gasteiger partial charge is 0.496 e. The van der Waals surface area contributed by atoms with Gasteiger partial charge in [-0.2, -0.15) is 0 Å². The first-order valence-electron chi connectivity index (χ1n) is 6.05. The molecule has 0 radical (unpaired) electrons. The molecule has 0 atom stereocenters. The van der Waals surface area contributed by atoms with Gasteiger partial charge in [-0.25, -0.2) is 0 Å². The highest BCUT2D eigenvalue weighted by Crippen LogP contribution is 2.28. The summed E-state index contributed by atoms with van der Waals surface area (Å²) in [6.07, 6.45) is 0. The van der Waals surface area contributed by atoms with E-state index >= 15 is 0 Å². The van der Waals surface area contributed by atoms with Crippen molar-refractivity contribution in [3.05, 3.63) is 22.7 Å². The van der Waals surface area contributed by atoms with Gasteiger partial charge in [0.05, 0.1) is 29.9 Å². The molecule has 0 heterocycles. The fourth-order valence-corrected chi connectivity index (χ4v) is 1.71. The number of benzene rings is 1. The Kier molecular flexibility index (Phi) is 5.64. The van der Waals surface area contributed by atoms with E-state index in [1.54, 1.807) is 0 Å². The van der Waals surface area contributed by atoms with Gasteiger partial charge in [0.1, 0.15) is 5.75 Å². The molecule has 0 aliphatic rings. The van der Waals surface area contributed by atoms with Crippen molar-refractivity contribution in [3.8, 4) is 5.75 Å². The first kappa shape index (κ1) is 16.1. The Morgan fingerprint density at radius 2 is 2.05 bits per heavy atom. The maximum atomic E-state index is 12.0. The zero-order valence-corrected chi connectivity index (χ0v) is 12.4. The van der Waals surface area contributed by atoms with Gasteiger partial charge in [-0.05, 0) is 19.9 Å². The van der Waals surface area contributed by atoms with Crippen LogP contribution >= 0.6 is 11.6 Å². The molecule has 0 fully saturated rings. The predicted octanol–water partition coefficient (Wildman–Crippen LogP) is 1.19. The summed E-state index contributed by atoms with van der Waals surface area (Å²) in [5, 5.41) is 5.42. The molecule has 1 rings (SSSR count). The minimum absolute atomic E-state index is 0.0138. The number of carbonyl (C=O) groups is 2. The number of anilines is 1. The van der Waals surface area contributed by atoms with Crippen LogP contribution in [0.25, 0.3) is 0 Å². The number of amides is 2. The van der Waals surface area contributed by atoms with E-state index in [0.29, 0.717) is 11.4 Å². The minimum atomic E-state index is -0.456. The van der Waals surface area contributed by atoms with Gasteiger partial charge in [0.2, 0.25) is 5.91 Å². The Bertz CT molecular complexity index is 518. The average molecular weight is 300 g/mol. The SMILES string of the molecule is COc1cc(N)c(Cl)cc1C(=O)NCC(=O)NC(C)C. The molecule has 1 aromatic rings. The first-order chi connectivity index (χ1) is 9.35. The van der Waals surface area contributed by atoms with Crippen LogP contribution in [0, 0.1) is 0 Å². The molecule has 0 bridgehead atoms. The van der Waals surface area contributed by atoms with Crippen molar-refractivity contribution in [2.24, 2.45) is 0 Å². The molecule has 0 aliphatic carbocycles. The highest BCUT2D eigenvalue weighted by molar-refractivity contribution is 6.33. The highest BCUT2D eigenvalue weighted by Gasteiger charge is 2.15. The van der Waals surface area contributed by atoms with E-state index in [9.17, 15) is 9.59 Å². The van der Waals surface area contributed by atoms with Gasteiger partial charge < -0.3 is 21.1 Å². The third kappa shape index (κ3) is 4.31. The van der Waals surface area contributed by atoms with Crippen LogP contribution in [0.5, 0.6) is 5.75 Å². The maximum absolute atomic E-state index is 12.0. The molecule has 1 aromatic carbocycles.